The van der Waals surface area contributed by atoms with E-state index in [2.05, 4.69) is 5.32 Å². The summed E-state index contributed by atoms with van der Waals surface area (Å²) in [5.41, 5.74) is 0.658. The summed E-state index contributed by atoms with van der Waals surface area (Å²) >= 11 is 0. The standard InChI is InChI=1S/C16H20F4N2O2/c1-24-8-7-22(15(23)16(18,19)20)13-5-6-21-14(10-13)11-3-2-4-12(17)9-11/h2-4,9,13-14,21H,5-8,10H2,1H3. The number of hydrogen-bond donors (Lipinski definition) is 1. The maximum Gasteiger partial charge on any atom is 0.471 e. The highest BCUT2D eigenvalue weighted by Gasteiger charge is 2.45. The smallest absolute Gasteiger partial charge is 0.383 e. The molecule has 1 saturated heterocycles. The Labute approximate surface area is 137 Å². The van der Waals surface area contributed by atoms with Crippen molar-refractivity contribution in [3.8, 4) is 0 Å². The Morgan fingerprint density at radius 2 is 2.17 bits per heavy atom. The Morgan fingerprint density at radius 1 is 1.42 bits per heavy atom. The fourth-order valence-corrected chi connectivity index (χ4v) is 2.96. The molecule has 1 aliphatic rings. The minimum Gasteiger partial charge on any atom is -0.383 e. The zero-order chi connectivity index (χ0) is 17.7. The number of halogens is 4. The number of alkyl halides is 3. The molecule has 4 nitrogen and oxygen atoms in total. The molecule has 24 heavy (non-hydrogen) atoms. The first-order valence-corrected chi connectivity index (χ1v) is 7.68. The molecular weight excluding hydrogens is 328 g/mol. The quantitative estimate of drug-likeness (QED) is 0.832. The van der Waals surface area contributed by atoms with Gasteiger partial charge in [0.2, 0.25) is 0 Å². The summed E-state index contributed by atoms with van der Waals surface area (Å²) in [7, 11) is 1.37. The summed E-state index contributed by atoms with van der Waals surface area (Å²) in [4.78, 5) is 12.6. The molecule has 1 aliphatic heterocycles. The van der Waals surface area contributed by atoms with Crippen LogP contribution in [0, 0.1) is 5.82 Å². The first kappa shape index (κ1) is 18.7. The summed E-state index contributed by atoms with van der Waals surface area (Å²) in [5, 5.41) is 3.16. The van der Waals surface area contributed by atoms with Gasteiger partial charge in [-0.3, -0.25) is 4.79 Å². The molecule has 1 aromatic carbocycles. The molecule has 0 spiro atoms. The van der Waals surface area contributed by atoms with Crippen LogP contribution in [-0.4, -0.2) is 49.8 Å². The lowest BCUT2D eigenvalue weighted by Gasteiger charge is -2.38. The number of amides is 1. The van der Waals surface area contributed by atoms with Crippen LogP contribution in [0.2, 0.25) is 0 Å². The number of carbonyl (C=O) groups excluding carboxylic acids is 1. The van der Waals surface area contributed by atoms with Gasteiger partial charge in [0.05, 0.1) is 6.61 Å². The highest BCUT2D eigenvalue weighted by molar-refractivity contribution is 5.82. The molecule has 2 unspecified atom stereocenters. The highest BCUT2D eigenvalue weighted by atomic mass is 19.4. The Bertz CT molecular complexity index is 565. The monoisotopic (exact) mass is 348 g/mol. The maximum atomic E-state index is 13.4. The van der Waals surface area contributed by atoms with Gasteiger partial charge >= 0.3 is 12.1 Å². The van der Waals surface area contributed by atoms with Gasteiger partial charge < -0.3 is 15.0 Å². The molecule has 1 aromatic rings. The molecule has 1 fully saturated rings. The van der Waals surface area contributed by atoms with Gasteiger partial charge in [0, 0.05) is 25.7 Å². The largest absolute Gasteiger partial charge is 0.471 e. The molecule has 0 radical (unpaired) electrons. The molecule has 8 heteroatoms. The summed E-state index contributed by atoms with van der Waals surface area (Å²) in [5.74, 6) is -2.26. The Kier molecular flexibility index (Phi) is 6.17. The third-order valence-electron chi connectivity index (χ3n) is 4.11. The third kappa shape index (κ3) is 4.67. The number of ether oxygens (including phenoxy) is 1. The molecule has 1 N–H and O–H groups in total. The van der Waals surface area contributed by atoms with E-state index in [9.17, 15) is 22.4 Å². The number of piperidine rings is 1. The number of carbonyl (C=O) groups is 1. The topological polar surface area (TPSA) is 41.6 Å². The van der Waals surface area contributed by atoms with Crippen molar-refractivity contribution in [2.24, 2.45) is 0 Å². The lowest BCUT2D eigenvalue weighted by atomic mass is 9.92. The lowest BCUT2D eigenvalue weighted by Crippen LogP contribution is -2.52. The summed E-state index contributed by atoms with van der Waals surface area (Å²) in [6, 6.07) is 5.05. The van der Waals surface area contributed by atoms with Crippen molar-refractivity contribution >= 4 is 5.91 Å². The predicted octanol–water partition coefficient (Wildman–Crippen LogP) is 2.66. The fourth-order valence-electron chi connectivity index (χ4n) is 2.96. The second kappa shape index (κ2) is 7.94. The number of rotatable bonds is 5. The average Bonchev–Trinajstić information content (AvgIpc) is 2.54. The first-order valence-electron chi connectivity index (χ1n) is 7.68. The predicted molar refractivity (Wildman–Crippen MR) is 79.8 cm³/mol. The van der Waals surface area contributed by atoms with Gasteiger partial charge in [0.25, 0.3) is 0 Å². The van der Waals surface area contributed by atoms with Gasteiger partial charge in [-0.1, -0.05) is 12.1 Å². The molecule has 2 atom stereocenters. The van der Waals surface area contributed by atoms with Crippen LogP contribution in [0.1, 0.15) is 24.4 Å². The van der Waals surface area contributed by atoms with E-state index in [4.69, 9.17) is 4.74 Å². The van der Waals surface area contributed by atoms with Gasteiger partial charge in [0.1, 0.15) is 5.82 Å². The second-order valence-corrected chi connectivity index (χ2v) is 5.73. The van der Waals surface area contributed by atoms with Crippen molar-refractivity contribution in [3.05, 3.63) is 35.6 Å². The van der Waals surface area contributed by atoms with Crippen LogP contribution in [0.5, 0.6) is 0 Å². The van der Waals surface area contributed by atoms with Crippen LogP contribution in [0.15, 0.2) is 24.3 Å². The zero-order valence-corrected chi connectivity index (χ0v) is 13.3. The highest BCUT2D eigenvalue weighted by Crippen LogP contribution is 2.29. The normalized spacial score (nSPS) is 21.5. The van der Waals surface area contributed by atoms with Gasteiger partial charge in [-0.2, -0.15) is 13.2 Å². The zero-order valence-electron chi connectivity index (χ0n) is 13.3. The summed E-state index contributed by atoms with van der Waals surface area (Å²) in [6.07, 6.45) is -4.24. The number of nitrogens with zero attached hydrogens (tertiary/aromatic N) is 1. The molecule has 2 rings (SSSR count). The summed E-state index contributed by atoms with van der Waals surface area (Å²) < 4.78 is 56.8. The van der Waals surface area contributed by atoms with E-state index < -0.39 is 23.9 Å². The fraction of sp³-hybridized carbons (Fsp3) is 0.562. The maximum absolute atomic E-state index is 13.4. The lowest BCUT2D eigenvalue weighted by molar-refractivity contribution is -0.189. The van der Waals surface area contributed by atoms with Crippen LogP contribution in [0.25, 0.3) is 0 Å². The molecule has 1 heterocycles. The van der Waals surface area contributed by atoms with E-state index in [-0.39, 0.29) is 25.6 Å². The van der Waals surface area contributed by atoms with E-state index in [1.807, 2.05) is 0 Å². The van der Waals surface area contributed by atoms with Crippen molar-refractivity contribution in [2.45, 2.75) is 31.1 Å². The van der Waals surface area contributed by atoms with Crippen molar-refractivity contribution < 1.29 is 27.1 Å². The van der Waals surface area contributed by atoms with Crippen LogP contribution < -0.4 is 5.32 Å². The number of hydrogen-bond acceptors (Lipinski definition) is 3. The van der Waals surface area contributed by atoms with Crippen molar-refractivity contribution in [1.82, 2.24) is 10.2 Å². The van der Waals surface area contributed by atoms with Crippen LogP contribution >= 0.6 is 0 Å². The van der Waals surface area contributed by atoms with E-state index in [0.717, 1.165) is 4.90 Å². The van der Waals surface area contributed by atoms with Crippen LogP contribution in [0.4, 0.5) is 17.6 Å². The van der Waals surface area contributed by atoms with Crippen molar-refractivity contribution in [1.29, 1.82) is 0 Å². The van der Waals surface area contributed by atoms with Gasteiger partial charge in [0.15, 0.2) is 0 Å². The molecule has 0 saturated carbocycles. The number of methoxy groups -OCH3 is 1. The minimum atomic E-state index is -4.92. The minimum absolute atomic E-state index is 0.0242. The first-order chi connectivity index (χ1) is 11.3. The Balaban J connectivity index is 2.15. The molecule has 0 aliphatic carbocycles. The van der Waals surface area contributed by atoms with Crippen LogP contribution in [-0.2, 0) is 9.53 Å². The Morgan fingerprint density at radius 3 is 2.79 bits per heavy atom. The molecule has 0 aromatic heterocycles. The second-order valence-electron chi connectivity index (χ2n) is 5.73. The van der Waals surface area contributed by atoms with Gasteiger partial charge in [-0.05, 0) is 37.1 Å². The molecule has 1 amide bonds. The van der Waals surface area contributed by atoms with E-state index in [0.29, 0.717) is 18.5 Å². The van der Waals surface area contributed by atoms with E-state index in [1.54, 1.807) is 12.1 Å². The SMILES string of the molecule is COCCN(C(=O)C(F)(F)F)C1CCNC(c2cccc(F)c2)C1. The third-order valence-corrected chi connectivity index (χ3v) is 4.11. The van der Waals surface area contributed by atoms with Gasteiger partial charge in [-0.15, -0.1) is 0 Å². The van der Waals surface area contributed by atoms with Gasteiger partial charge in [-0.25, -0.2) is 4.39 Å². The number of nitrogens with one attached hydrogen (secondary N) is 1. The Hall–Kier alpha value is -1.67. The van der Waals surface area contributed by atoms with E-state index >= 15 is 0 Å². The number of benzene rings is 1. The average molecular weight is 348 g/mol. The van der Waals surface area contributed by atoms with E-state index in [1.165, 1.54) is 19.2 Å². The van der Waals surface area contributed by atoms with Crippen LogP contribution in [0.3, 0.4) is 0 Å². The molecule has 0 bridgehead atoms. The van der Waals surface area contributed by atoms with Crippen molar-refractivity contribution in [3.63, 3.8) is 0 Å². The summed E-state index contributed by atoms with van der Waals surface area (Å²) in [6.45, 7) is 0.340. The molecular formula is C16H20F4N2O2. The molecule has 134 valence electrons. The van der Waals surface area contributed by atoms with Crippen molar-refractivity contribution in [2.75, 3.05) is 26.8 Å².